The summed E-state index contributed by atoms with van der Waals surface area (Å²) < 4.78 is 5.59. The third kappa shape index (κ3) is 3.72. The highest BCUT2D eigenvalue weighted by Gasteiger charge is 2.16. The first-order chi connectivity index (χ1) is 8.65. The third-order valence-electron chi connectivity index (χ3n) is 3.27. The predicted octanol–water partition coefficient (Wildman–Crippen LogP) is 2.60. The lowest BCUT2D eigenvalue weighted by Gasteiger charge is -2.19. The third-order valence-corrected chi connectivity index (χ3v) is 3.27. The van der Waals surface area contributed by atoms with E-state index in [0.717, 1.165) is 30.9 Å². The largest absolute Gasteiger partial charge is 0.491 e. The molecule has 18 heavy (non-hydrogen) atoms. The van der Waals surface area contributed by atoms with Gasteiger partial charge in [0.2, 0.25) is 0 Å². The van der Waals surface area contributed by atoms with Crippen LogP contribution in [0, 0.1) is 0 Å². The van der Waals surface area contributed by atoms with Gasteiger partial charge in [-0.2, -0.15) is 0 Å². The summed E-state index contributed by atoms with van der Waals surface area (Å²) in [5, 5.41) is 10.2. The molecule has 1 atom stereocenters. The lowest BCUT2D eigenvalue weighted by atomic mass is 10.1. The first-order valence-electron chi connectivity index (χ1n) is 6.82. The second-order valence-electron chi connectivity index (χ2n) is 5.26. The van der Waals surface area contributed by atoms with Crippen LogP contribution in [0.3, 0.4) is 0 Å². The van der Waals surface area contributed by atoms with Crippen molar-refractivity contribution in [2.24, 2.45) is 0 Å². The minimum absolute atomic E-state index is 0.186. The van der Waals surface area contributed by atoms with Crippen molar-refractivity contribution in [2.75, 3.05) is 19.6 Å². The Bertz CT molecular complexity index is 355. The molecule has 0 bridgehead atoms. The van der Waals surface area contributed by atoms with E-state index in [2.05, 4.69) is 4.90 Å². The van der Waals surface area contributed by atoms with Gasteiger partial charge in [-0.3, -0.25) is 0 Å². The van der Waals surface area contributed by atoms with E-state index in [-0.39, 0.29) is 6.10 Å². The molecule has 100 valence electrons. The summed E-state index contributed by atoms with van der Waals surface area (Å²) >= 11 is 0. The predicted molar refractivity (Wildman–Crippen MR) is 72.8 cm³/mol. The Morgan fingerprint density at radius 1 is 1.17 bits per heavy atom. The van der Waals surface area contributed by atoms with E-state index in [9.17, 15) is 5.11 Å². The van der Waals surface area contributed by atoms with E-state index >= 15 is 0 Å². The van der Waals surface area contributed by atoms with E-state index in [1.165, 1.54) is 12.8 Å². The molecule has 0 spiro atoms. The maximum atomic E-state index is 10.2. The summed E-state index contributed by atoms with van der Waals surface area (Å²) in [6.45, 7) is 6.99. The smallest absolute Gasteiger partial charge is 0.119 e. The lowest BCUT2D eigenvalue weighted by Crippen LogP contribution is -2.25. The summed E-state index contributed by atoms with van der Waals surface area (Å²) in [5.74, 6) is 0.863. The molecule has 1 unspecified atom stereocenters. The van der Waals surface area contributed by atoms with Gasteiger partial charge in [0.05, 0.1) is 12.2 Å². The molecule has 3 nitrogen and oxygen atoms in total. The minimum atomic E-state index is -0.392. The molecular formula is C15H23NO2. The van der Waals surface area contributed by atoms with Gasteiger partial charge in [-0.05, 0) is 57.5 Å². The van der Waals surface area contributed by atoms with Gasteiger partial charge >= 0.3 is 0 Å². The summed E-state index contributed by atoms with van der Waals surface area (Å²) in [5.41, 5.74) is 0.970. The van der Waals surface area contributed by atoms with Crippen LogP contribution in [0.25, 0.3) is 0 Å². The first-order valence-corrected chi connectivity index (χ1v) is 6.82. The van der Waals surface area contributed by atoms with E-state index in [1.54, 1.807) is 0 Å². The zero-order chi connectivity index (χ0) is 13.0. The number of hydrogen-bond acceptors (Lipinski definition) is 3. The van der Waals surface area contributed by atoms with Gasteiger partial charge in [-0.25, -0.2) is 0 Å². The van der Waals surface area contributed by atoms with Crippen LogP contribution in [0.2, 0.25) is 0 Å². The normalized spacial score (nSPS) is 18.2. The molecule has 2 rings (SSSR count). The Balaban J connectivity index is 1.91. The molecule has 1 N–H and O–H groups in total. The Hall–Kier alpha value is -1.06. The highest BCUT2D eigenvalue weighted by molar-refractivity contribution is 5.28. The first kappa shape index (κ1) is 13.4. The van der Waals surface area contributed by atoms with Gasteiger partial charge in [0, 0.05) is 6.54 Å². The number of β-amino-alcohol motifs (C(OH)–C–C–N with tert-alkyl or cyclic N) is 1. The number of ether oxygens (including phenoxy) is 1. The number of aliphatic hydroxyl groups excluding tert-OH is 1. The summed E-state index contributed by atoms with van der Waals surface area (Å²) in [6.07, 6.45) is 2.31. The standard InChI is InChI=1S/C15H23NO2/c1-12(2)18-14-7-5-13(6-8-14)15(17)11-16-9-3-4-10-16/h5-8,12,15,17H,3-4,9-11H2,1-2H3. The fourth-order valence-electron chi connectivity index (χ4n) is 2.36. The molecule has 0 radical (unpaired) electrons. The van der Waals surface area contributed by atoms with Crippen LogP contribution >= 0.6 is 0 Å². The Kier molecular flexibility index (Phi) is 4.61. The summed E-state index contributed by atoms with van der Waals surface area (Å²) in [6, 6.07) is 7.78. The molecule has 1 heterocycles. The van der Waals surface area contributed by atoms with Crippen molar-refractivity contribution in [2.45, 2.75) is 38.9 Å². The zero-order valence-electron chi connectivity index (χ0n) is 11.3. The van der Waals surface area contributed by atoms with Crippen molar-refractivity contribution >= 4 is 0 Å². The Morgan fingerprint density at radius 2 is 1.78 bits per heavy atom. The molecule has 1 aliphatic heterocycles. The minimum Gasteiger partial charge on any atom is -0.491 e. The van der Waals surface area contributed by atoms with Gasteiger partial charge in [-0.1, -0.05) is 12.1 Å². The van der Waals surface area contributed by atoms with Crippen molar-refractivity contribution < 1.29 is 9.84 Å². The maximum Gasteiger partial charge on any atom is 0.119 e. The second-order valence-corrected chi connectivity index (χ2v) is 5.26. The molecule has 1 fully saturated rings. The molecule has 0 aromatic heterocycles. The van der Waals surface area contributed by atoms with Crippen LogP contribution in [-0.4, -0.2) is 35.7 Å². The van der Waals surface area contributed by atoms with E-state index in [4.69, 9.17) is 4.74 Å². The number of benzene rings is 1. The number of aliphatic hydroxyl groups is 1. The summed E-state index contributed by atoms with van der Waals surface area (Å²) in [4.78, 5) is 2.32. The zero-order valence-corrected chi connectivity index (χ0v) is 11.3. The van der Waals surface area contributed by atoms with Crippen molar-refractivity contribution in [3.63, 3.8) is 0 Å². The van der Waals surface area contributed by atoms with Crippen molar-refractivity contribution in [1.29, 1.82) is 0 Å². The van der Waals surface area contributed by atoms with Crippen LogP contribution in [-0.2, 0) is 0 Å². The number of hydrogen-bond donors (Lipinski definition) is 1. The number of rotatable bonds is 5. The highest BCUT2D eigenvalue weighted by Crippen LogP contribution is 2.21. The van der Waals surface area contributed by atoms with Crippen LogP contribution in [0.4, 0.5) is 0 Å². The van der Waals surface area contributed by atoms with Gasteiger partial charge in [0.15, 0.2) is 0 Å². The van der Waals surface area contributed by atoms with Crippen LogP contribution in [0.5, 0.6) is 5.75 Å². The SMILES string of the molecule is CC(C)Oc1ccc(C(O)CN2CCCC2)cc1. The van der Waals surface area contributed by atoms with Crippen molar-refractivity contribution in [3.8, 4) is 5.75 Å². The highest BCUT2D eigenvalue weighted by atomic mass is 16.5. The number of likely N-dealkylation sites (tertiary alicyclic amines) is 1. The van der Waals surface area contributed by atoms with E-state index in [0.29, 0.717) is 0 Å². The quantitative estimate of drug-likeness (QED) is 0.870. The molecule has 1 aliphatic rings. The number of nitrogens with zero attached hydrogens (tertiary/aromatic N) is 1. The van der Waals surface area contributed by atoms with Crippen LogP contribution < -0.4 is 4.74 Å². The molecule has 0 amide bonds. The van der Waals surface area contributed by atoms with Crippen molar-refractivity contribution in [3.05, 3.63) is 29.8 Å². The van der Waals surface area contributed by atoms with Gasteiger partial charge in [0.1, 0.15) is 5.75 Å². The lowest BCUT2D eigenvalue weighted by molar-refractivity contribution is 0.126. The second kappa shape index (κ2) is 6.21. The molecule has 1 aromatic rings. The molecular weight excluding hydrogens is 226 g/mol. The average Bonchev–Trinajstić information content (AvgIpc) is 2.82. The summed E-state index contributed by atoms with van der Waals surface area (Å²) in [7, 11) is 0. The molecule has 3 heteroatoms. The fourth-order valence-corrected chi connectivity index (χ4v) is 2.36. The van der Waals surface area contributed by atoms with E-state index in [1.807, 2.05) is 38.1 Å². The van der Waals surface area contributed by atoms with Gasteiger partial charge < -0.3 is 14.7 Å². The molecule has 1 aromatic carbocycles. The Morgan fingerprint density at radius 3 is 2.33 bits per heavy atom. The van der Waals surface area contributed by atoms with Gasteiger partial charge in [0.25, 0.3) is 0 Å². The Labute approximate surface area is 109 Å². The topological polar surface area (TPSA) is 32.7 Å². The van der Waals surface area contributed by atoms with Crippen molar-refractivity contribution in [1.82, 2.24) is 4.90 Å². The monoisotopic (exact) mass is 249 g/mol. The molecule has 0 aliphatic carbocycles. The molecule has 0 saturated carbocycles. The van der Waals surface area contributed by atoms with Crippen LogP contribution in [0.1, 0.15) is 38.4 Å². The maximum absolute atomic E-state index is 10.2. The fraction of sp³-hybridized carbons (Fsp3) is 0.600. The molecule has 1 saturated heterocycles. The van der Waals surface area contributed by atoms with Crippen LogP contribution in [0.15, 0.2) is 24.3 Å². The van der Waals surface area contributed by atoms with Gasteiger partial charge in [-0.15, -0.1) is 0 Å². The average molecular weight is 249 g/mol. The van der Waals surface area contributed by atoms with E-state index < -0.39 is 6.10 Å².